The van der Waals surface area contributed by atoms with Crippen molar-refractivity contribution in [3.8, 4) is 5.75 Å². The predicted molar refractivity (Wildman–Crippen MR) is 126 cm³/mol. The molecule has 0 saturated carbocycles. The Morgan fingerprint density at radius 1 is 0.875 bits per heavy atom. The minimum absolute atomic E-state index is 0.317. The van der Waals surface area contributed by atoms with Crippen LogP contribution in [-0.2, 0) is 22.6 Å². The van der Waals surface area contributed by atoms with Crippen molar-refractivity contribution in [3.05, 3.63) is 99.5 Å². The van der Waals surface area contributed by atoms with Gasteiger partial charge in [0.15, 0.2) is 0 Å². The molecule has 0 heterocycles. The third-order valence-electron chi connectivity index (χ3n) is 4.38. The summed E-state index contributed by atoms with van der Waals surface area (Å²) in [6.45, 7) is 0.676. The first-order chi connectivity index (χ1) is 15.5. The molecule has 164 valence electrons. The average Bonchev–Trinajstić information content (AvgIpc) is 2.80. The lowest BCUT2D eigenvalue weighted by Gasteiger charge is -2.08. The zero-order chi connectivity index (χ0) is 22.8. The van der Waals surface area contributed by atoms with Crippen LogP contribution in [0.15, 0.2) is 77.9 Å². The summed E-state index contributed by atoms with van der Waals surface area (Å²) in [5.74, 6) is -0.955. The molecule has 2 amide bonds. The number of benzene rings is 3. The Balaban J connectivity index is 1.44. The average molecular weight is 470 g/mol. The molecular formula is C24H21Cl2N3O3. The van der Waals surface area contributed by atoms with Crippen LogP contribution < -0.4 is 15.5 Å². The summed E-state index contributed by atoms with van der Waals surface area (Å²) in [6, 6.07) is 22.1. The predicted octanol–water partition coefficient (Wildman–Crippen LogP) is 4.38. The molecule has 0 fully saturated rings. The van der Waals surface area contributed by atoms with Crippen LogP contribution in [0.4, 0.5) is 0 Å². The molecule has 0 radical (unpaired) electrons. The quantitative estimate of drug-likeness (QED) is 0.291. The van der Waals surface area contributed by atoms with E-state index in [-0.39, 0.29) is 0 Å². The lowest BCUT2D eigenvalue weighted by molar-refractivity contribution is -0.139. The lowest BCUT2D eigenvalue weighted by atomic mass is 10.1. The van der Waals surface area contributed by atoms with Crippen LogP contribution in [-0.4, -0.2) is 24.6 Å². The van der Waals surface area contributed by atoms with Gasteiger partial charge in [-0.05, 0) is 47.4 Å². The molecule has 32 heavy (non-hydrogen) atoms. The Hall–Kier alpha value is -3.35. The second-order valence-electron chi connectivity index (χ2n) is 6.80. The molecule has 0 aliphatic carbocycles. The summed E-state index contributed by atoms with van der Waals surface area (Å²) in [5, 5.41) is 7.36. The molecular weight excluding hydrogens is 449 g/mol. The molecule has 0 saturated heterocycles. The van der Waals surface area contributed by atoms with E-state index in [4.69, 9.17) is 27.9 Å². The van der Waals surface area contributed by atoms with Crippen LogP contribution in [0.1, 0.15) is 16.7 Å². The zero-order valence-electron chi connectivity index (χ0n) is 17.1. The highest BCUT2D eigenvalue weighted by Gasteiger charge is 2.11. The normalized spacial score (nSPS) is 10.7. The van der Waals surface area contributed by atoms with E-state index in [2.05, 4.69) is 15.8 Å². The SMILES string of the molecule is O=C(NCCc1ccccc1)C(=O)N/N=C\c1cccc(OCc2ccc(Cl)c(Cl)c2)c1. The third kappa shape index (κ3) is 7.41. The van der Waals surface area contributed by atoms with E-state index in [9.17, 15) is 9.59 Å². The summed E-state index contributed by atoms with van der Waals surface area (Å²) in [5.41, 5.74) is 4.87. The topological polar surface area (TPSA) is 79.8 Å². The number of rotatable bonds is 8. The molecule has 0 aromatic heterocycles. The van der Waals surface area contributed by atoms with Gasteiger partial charge in [0.1, 0.15) is 12.4 Å². The molecule has 2 N–H and O–H groups in total. The Labute approximate surface area is 196 Å². The highest BCUT2D eigenvalue weighted by atomic mass is 35.5. The maximum absolute atomic E-state index is 11.9. The monoisotopic (exact) mass is 469 g/mol. The van der Waals surface area contributed by atoms with Crippen LogP contribution in [0.2, 0.25) is 10.0 Å². The summed E-state index contributed by atoms with van der Waals surface area (Å²) < 4.78 is 5.76. The van der Waals surface area contributed by atoms with E-state index in [0.29, 0.717) is 40.9 Å². The van der Waals surface area contributed by atoms with Gasteiger partial charge in [0.2, 0.25) is 0 Å². The van der Waals surface area contributed by atoms with Gasteiger partial charge in [-0.15, -0.1) is 0 Å². The van der Waals surface area contributed by atoms with Gasteiger partial charge >= 0.3 is 11.8 Å². The summed E-state index contributed by atoms with van der Waals surface area (Å²) in [7, 11) is 0. The molecule has 0 aliphatic rings. The van der Waals surface area contributed by atoms with Crippen LogP contribution in [0.5, 0.6) is 5.75 Å². The van der Waals surface area contributed by atoms with E-state index in [1.54, 1.807) is 36.4 Å². The largest absolute Gasteiger partial charge is 0.489 e. The molecule has 8 heteroatoms. The molecule has 3 rings (SSSR count). The molecule has 3 aromatic rings. The number of hydrazone groups is 1. The van der Waals surface area contributed by atoms with Crippen molar-refractivity contribution in [2.75, 3.05) is 6.54 Å². The maximum atomic E-state index is 11.9. The number of amides is 2. The van der Waals surface area contributed by atoms with E-state index in [1.165, 1.54) is 6.21 Å². The van der Waals surface area contributed by atoms with Crippen molar-refractivity contribution in [3.63, 3.8) is 0 Å². The molecule has 3 aromatic carbocycles. The zero-order valence-corrected chi connectivity index (χ0v) is 18.6. The summed E-state index contributed by atoms with van der Waals surface area (Å²) in [4.78, 5) is 23.7. The van der Waals surface area contributed by atoms with Gasteiger partial charge in [-0.25, -0.2) is 5.43 Å². The van der Waals surface area contributed by atoms with Crippen LogP contribution >= 0.6 is 23.2 Å². The van der Waals surface area contributed by atoms with Crippen LogP contribution in [0.3, 0.4) is 0 Å². The van der Waals surface area contributed by atoms with Crippen molar-refractivity contribution in [2.45, 2.75) is 13.0 Å². The van der Waals surface area contributed by atoms with Gasteiger partial charge in [0.05, 0.1) is 16.3 Å². The second-order valence-corrected chi connectivity index (χ2v) is 7.61. The van der Waals surface area contributed by atoms with Crippen LogP contribution in [0.25, 0.3) is 0 Å². The summed E-state index contributed by atoms with van der Waals surface area (Å²) >= 11 is 11.9. The molecule has 0 bridgehead atoms. The van der Waals surface area contributed by atoms with Gasteiger partial charge in [0.25, 0.3) is 0 Å². The Kier molecular flexibility index (Phi) is 8.66. The first kappa shape index (κ1) is 23.3. The Morgan fingerprint density at radius 2 is 1.69 bits per heavy atom. The van der Waals surface area contributed by atoms with Crippen molar-refractivity contribution >= 4 is 41.2 Å². The highest BCUT2D eigenvalue weighted by molar-refractivity contribution is 6.42. The first-order valence-corrected chi connectivity index (χ1v) is 10.6. The van der Waals surface area contributed by atoms with E-state index in [1.807, 2.05) is 36.4 Å². The molecule has 6 nitrogen and oxygen atoms in total. The molecule has 0 atom stereocenters. The fourth-order valence-corrected chi connectivity index (χ4v) is 3.06. The number of ether oxygens (including phenoxy) is 1. The summed E-state index contributed by atoms with van der Waals surface area (Å²) in [6.07, 6.45) is 2.07. The van der Waals surface area contributed by atoms with Crippen LogP contribution in [0, 0.1) is 0 Å². The van der Waals surface area contributed by atoms with Crippen molar-refractivity contribution in [2.24, 2.45) is 5.10 Å². The fourth-order valence-electron chi connectivity index (χ4n) is 2.74. The minimum atomic E-state index is -0.832. The van der Waals surface area contributed by atoms with Crippen molar-refractivity contribution in [1.29, 1.82) is 0 Å². The first-order valence-electron chi connectivity index (χ1n) is 9.83. The smallest absolute Gasteiger partial charge is 0.329 e. The van der Waals surface area contributed by atoms with E-state index < -0.39 is 11.8 Å². The number of hydrogen-bond donors (Lipinski definition) is 2. The van der Waals surface area contributed by atoms with Gasteiger partial charge in [0, 0.05) is 6.54 Å². The number of nitrogens with zero attached hydrogens (tertiary/aromatic N) is 1. The van der Waals surface area contributed by atoms with Gasteiger partial charge in [-0.3, -0.25) is 9.59 Å². The third-order valence-corrected chi connectivity index (χ3v) is 5.11. The number of carbonyl (C=O) groups excluding carboxylic acids is 2. The fraction of sp³-hybridized carbons (Fsp3) is 0.125. The van der Waals surface area contributed by atoms with E-state index >= 15 is 0 Å². The minimum Gasteiger partial charge on any atom is -0.489 e. The highest BCUT2D eigenvalue weighted by Crippen LogP contribution is 2.23. The maximum Gasteiger partial charge on any atom is 0.329 e. The number of carbonyl (C=O) groups is 2. The molecule has 0 aliphatic heterocycles. The Bertz CT molecular complexity index is 1100. The molecule has 0 spiro atoms. The lowest BCUT2D eigenvalue weighted by Crippen LogP contribution is -2.38. The number of hydrogen-bond acceptors (Lipinski definition) is 4. The van der Waals surface area contributed by atoms with Crippen molar-refractivity contribution in [1.82, 2.24) is 10.7 Å². The van der Waals surface area contributed by atoms with Crippen molar-refractivity contribution < 1.29 is 14.3 Å². The molecule has 0 unspecified atom stereocenters. The van der Waals surface area contributed by atoms with E-state index in [0.717, 1.165) is 11.1 Å². The number of nitrogens with one attached hydrogen (secondary N) is 2. The van der Waals surface area contributed by atoms with Gasteiger partial charge < -0.3 is 10.1 Å². The van der Waals surface area contributed by atoms with Gasteiger partial charge in [-0.1, -0.05) is 71.7 Å². The number of halogens is 2. The van der Waals surface area contributed by atoms with Gasteiger partial charge in [-0.2, -0.15) is 5.10 Å². The Morgan fingerprint density at radius 3 is 2.47 bits per heavy atom. The standard InChI is InChI=1S/C24H21Cl2N3O3/c25-21-10-9-19(14-22(21)26)16-32-20-8-4-7-18(13-20)15-28-29-24(31)23(30)27-12-11-17-5-2-1-3-6-17/h1-10,13-15H,11-12,16H2,(H,27,30)(H,29,31)/b28-15-. The second kappa shape index (κ2) is 11.9.